The Kier molecular flexibility index (Phi) is 4.55. The Morgan fingerprint density at radius 1 is 1.00 bits per heavy atom. The Morgan fingerprint density at radius 3 is 2.22 bits per heavy atom. The minimum atomic E-state index is -3.65. The smallest absolute Gasteiger partial charge is 0.183 e. The first kappa shape index (κ1) is 16.9. The molecule has 0 bridgehead atoms. The first-order chi connectivity index (χ1) is 10.8. The maximum absolute atomic E-state index is 13.0. The number of likely N-dealkylation sites (tertiary alicyclic amines) is 1. The van der Waals surface area contributed by atoms with Gasteiger partial charge in [0.1, 0.15) is 0 Å². The van der Waals surface area contributed by atoms with Crippen LogP contribution in [0.3, 0.4) is 0 Å². The summed E-state index contributed by atoms with van der Waals surface area (Å²) in [5.74, 6) is -0.298. The third-order valence-electron chi connectivity index (χ3n) is 4.88. The summed E-state index contributed by atoms with van der Waals surface area (Å²) in [6, 6.07) is 6.27. The van der Waals surface area contributed by atoms with Gasteiger partial charge >= 0.3 is 0 Å². The van der Waals surface area contributed by atoms with E-state index >= 15 is 0 Å². The average molecular weight is 357 g/mol. The fourth-order valence-corrected chi connectivity index (χ4v) is 8.42. The molecule has 1 aromatic rings. The number of piperidine rings is 1. The second kappa shape index (κ2) is 6.18. The van der Waals surface area contributed by atoms with Gasteiger partial charge in [0.15, 0.2) is 19.7 Å². The molecular weight excluding hydrogens is 334 g/mol. The van der Waals surface area contributed by atoms with Crippen molar-refractivity contribution in [2.24, 2.45) is 0 Å². The van der Waals surface area contributed by atoms with E-state index in [1.54, 1.807) is 24.3 Å². The number of rotatable bonds is 3. The van der Waals surface area contributed by atoms with Crippen molar-refractivity contribution in [2.45, 2.75) is 42.4 Å². The van der Waals surface area contributed by atoms with E-state index in [2.05, 4.69) is 4.90 Å². The minimum absolute atomic E-state index is 0.0389. The molecule has 5 nitrogen and oxygen atoms in total. The molecule has 2 aliphatic heterocycles. The van der Waals surface area contributed by atoms with Crippen LogP contribution >= 0.6 is 0 Å². The molecule has 2 saturated heterocycles. The van der Waals surface area contributed by atoms with E-state index in [0.29, 0.717) is 0 Å². The molecule has 0 aromatic heterocycles. The third-order valence-corrected chi connectivity index (χ3v) is 9.01. The zero-order chi connectivity index (χ0) is 16.7. The lowest BCUT2D eigenvalue weighted by Crippen LogP contribution is -2.48. The van der Waals surface area contributed by atoms with E-state index in [1.807, 2.05) is 6.92 Å². The van der Waals surface area contributed by atoms with Gasteiger partial charge in [0.05, 0.1) is 21.7 Å². The highest BCUT2D eigenvalue weighted by atomic mass is 32.2. The van der Waals surface area contributed by atoms with Crippen molar-refractivity contribution in [3.8, 4) is 0 Å². The predicted molar refractivity (Wildman–Crippen MR) is 90.0 cm³/mol. The second-order valence-corrected chi connectivity index (χ2v) is 11.0. The molecule has 2 fully saturated rings. The highest BCUT2D eigenvalue weighted by Gasteiger charge is 2.48. The quantitative estimate of drug-likeness (QED) is 0.818. The minimum Gasteiger partial charge on any atom is -0.298 e. The molecule has 7 heteroatoms. The molecule has 0 unspecified atom stereocenters. The van der Waals surface area contributed by atoms with Crippen LogP contribution in [-0.2, 0) is 19.7 Å². The summed E-state index contributed by atoms with van der Waals surface area (Å²) >= 11 is 0. The van der Waals surface area contributed by atoms with Crippen LogP contribution < -0.4 is 0 Å². The Balaban J connectivity index is 1.95. The van der Waals surface area contributed by atoms with Crippen LogP contribution in [0.5, 0.6) is 0 Å². The highest BCUT2D eigenvalue weighted by molar-refractivity contribution is 7.96. The summed E-state index contributed by atoms with van der Waals surface area (Å²) in [6.07, 6.45) is 3.15. The number of nitrogens with zero attached hydrogens (tertiary/aromatic N) is 1. The van der Waals surface area contributed by atoms with Gasteiger partial charge in [-0.15, -0.1) is 0 Å². The van der Waals surface area contributed by atoms with Crippen LogP contribution in [0, 0.1) is 6.92 Å². The fourth-order valence-electron chi connectivity index (χ4n) is 3.59. The second-order valence-electron chi connectivity index (χ2n) is 6.64. The van der Waals surface area contributed by atoms with E-state index in [4.69, 9.17) is 0 Å². The molecule has 128 valence electrons. The Bertz CT molecular complexity index is 763. The molecular formula is C16H23NO4S2. The van der Waals surface area contributed by atoms with Crippen molar-refractivity contribution < 1.29 is 16.8 Å². The lowest BCUT2D eigenvalue weighted by molar-refractivity contribution is 0.178. The largest absolute Gasteiger partial charge is 0.298 e. The molecule has 2 heterocycles. The van der Waals surface area contributed by atoms with Gasteiger partial charge in [-0.3, -0.25) is 4.90 Å². The van der Waals surface area contributed by atoms with Crippen molar-refractivity contribution in [1.29, 1.82) is 0 Å². The standard InChI is InChI=1S/C16H23NO4S2/c1-13-5-7-14(8-6-13)23(20,21)16-12-22(18,19)11-15(16)17-9-3-2-4-10-17/h5-8,15-16H,2-4,9-12H2,1H3/t15-,16-/m0/s1. The van der Waals surface area contributed by atoms with Gasteiger partial charge in [-0.05, 0) is 45.0 Å². The van der Waals surface area contributed by atoms with Crippen LogP contribution in [-0.4, -0.2) is 57.6 Å². The monoisotopic (exact) mass is 357 g/mol. The summed E-state index contributed by atoms with van der Waals surface area (Å²) in [5, 5.41) is -0.853. The summed E-state index contributed by atoms with van der Waals surface area (Å²) in [7, 11) is -6.96. The van der Waals surface area contributed by atoms with Gasteiger partial charge < -0.3 is 0 Å². The number of aryl methyl sites for hydroxylation is 1. The third kappa shape index (κ3) is 3.46. The molecule has 23 heavy (non-hydrogen) atoms. The summed E-state index contributed by atoms with van der Waals surface area (Å²) in [5.41, 5.74) is 0.982. The van der Waals surface area contributed by atoms with E-state index in [9.17, 15) is 16.8 Å². The summed E-state index contributed by atoms with van der Waals surface area (Å²) in [6.45, 7) is 3.48. The topological polar surface area (TPSA) is 71.5 Å². The normalized spacial score (nSPS) is 28.7. The maximum atomic E-state index is 13.0. The Morgan fingerprint density at radius 2 is 1.61 bits per heavy atom. The fraction of sp³-hybridized carbons (Fsp3) is 0.625. The van der Waals surface area contributed by atoms with Crippen molar-refractivity contribution in [2.75, 3.05) is 24.6 Å². The van der Waals surface area contributed by atoms with Crippen molar-refractivity contribution in [3.05, 3.63) is 29.8 Å². The van der Waals surface area contributed by atoms with Gasteiger partial charge in [-0.1, -0.05) is 24.1 Å². The Labute approximate surface area is 138 Å². The molecule has 1 aromatic carbocycles. The first-order valence-electron chi connectivity index (χ1n) is 8.05. The zero-order valence-electron chi connectivity index (χ0n) is 13.3. The van der Waals surface area contributed by atoms with Crippen LogP contribution in [0.1, 0.15) is 24.8 Å². The van der Waals surface area contributed by atoms with Crippen molar-refractivity contribution in [1.82, 2.24) is 4.90 Å². The SMILES string of the molecule is Cc1ccc(S(=O)(=O)[C@H]2CS(=O)(=O)C[C@@H]2N2CCCCC2)cc1. The molecule has 0 aliphatic carbocycles. The van der Waals surface area contributed by atoms with Crippen LogP contribution in [0.4, 0.5) is 0 Å². The lowest BCUT2D eigenvalue weighted by atomic mass is 10.1. The molecule has 0 spiro atoms. The van der Waals surface area contributed by atoms with Gasteiger partial charge in [0.25, 0.3) is 0 Å². The number of hydrogen-bond acceptors (Lipinski definition) is 5. The van der Waals surface area contributed by atoms with Gasteiger partial charge in [0.2, 0.25) is 0 Å². The van der Waals surface area contributed by atoms with E-state index in [-0.39, 0.29) is 16.4 Å². The molecule has 0 N–H and O–H groups in total. The van der Waals surface area contributed by atoms with E-state index < -0.39 is 31.0 Å². The van der Waals surface area contributed by atoms with Crippen LogP contribution in [0.2, 0.25) is 0 Å². The number of sulfone groups is 2. The number of benzene rings is 1. The predicted octanol–water partition coefficient (Wildman–Crippen LogP) is 1.42. The van der Waals surface area contributed by atoms with E-state index in [0.717, 1.165) is 37.9 Å². The molecule has 0 saturated carbocycles. The van der Waals surface area contributed by atoms with Gasteiger partial charge in [-0.25, -0.2) is 16.8 Å². The van der Waals surface area contributed by atoms with E-state index in [1.165, 1.54) is 0 Å². The van der Waals surface area contributed by atoms with Gasteiger partial charge in [-0.2, -0.15) is 0 Å². The molecule has 3 rings (SSSR count). The van der Waals surface area contributed by atoms with Crippen molar-refractivity contribution in [3.63, 3.8) is 0 Å². The zero-order valence-corrected chi connectivity index (χ0v) is 14.9. The van der Waals surface area contributed by atoms with Crippen LogP contribution in [0.25, 0.3) is 0 Å². The van der Waals surface area contributed by atoms with Gasteiger partial charge in [0, 0.05) is 6.04 Å². The first-order valence-corrected chi connectivity index (χ1v) is 11.4. The lowest BCUT2D eigenvalue weighted by Gasteiger charge is -2.34. The summed E-state index contributed by atoms with van der Waals surface area (Å²) < 4.78 is 50.3. The Hall–Kier alpha value is -0.920. The molecule has 0 radical (unpaired) electrons. The summed E-state index contributed by atoms with van der Waals surface area (Å²) in [4.78, 5) is 2.30. The number of hydrogen-bond donors (Lipinski definition) is 0. The molecule has 2 aliphatic rings. The molecule has 2 atom stereocenters. The maximum Gasteiger partial charge on any atom is 0.183 e. The molecule has 0 amide bonds. The average Bonchev–Trinajstić information content (AvgIpc) is 2.85. The van der Waals surface area contributed by atoms with Crippen molar-refractivity contribution >= 4 is 19.7 Å². The highest BCUT2D eigenvalue weighted by Crippen LogP contribution is 2.30. The van der Waals surface area contributed by atoms with Crippen LogP contribution in [0.15, 0.2) is 29.2 Å².